The maximum Gasteiger partial charge on any atom is 0.238 e. The number of fused-ring (bicyclic) bond motifs is 5. The van der Waals surface area contributed by atoms with E-state index in [2.05, 4.69) is 17.1 Å². The Kier molecular flexibility index (Phi) is 3.64. The fraction of sp³-hybridized carbons (Fsp3) is 0.476. The van der Waals surface area contributed by atoms with Crippen molar-refractivity contribution in [2.75, 3.05) is 22.9 Å². The number of aromatic carboxylic acids is 1. The van der Waals surface area contributed by atoms with E-state index in [-0.39, 0.29) is 41.0 Å². The first kappa shape index (κ1) is 16.5. The number of anilines is 2. The third kappa shape index (κ3) is 2.35. The lowest BCUT2D eigenvalue weighted by molar-refractivity contribution is -0.255. The molecule has 2 aliphatic heterocycles. The molecule has 0 spiro atoms. The number of carbonyl (C=O) groups is 3. The zero-order valence-electron chi connectivity index (χ0n) is 15.0. The van der Waals surface area contributed by atoms with Gasteiger partial charge in [0.1, 0.15) is 0 Å². The fourth-order valence-corrected chi connectivity index (χ4v) is 5.37. The summed E-state index contributed by atoms with van der Waals surface area (Å²) in [4.78, 5) is 41.2. The molecule has 27 heavy (non-hydrogen) atoms. The van der Waals surface area contributed by atoms with Crippen LogP contribution in [0.15, 0.2) is 30.4 Å². The highest BCUT2D eigenvalue weighted by atomic mass is 16.4. The topological polar surface area (TPSA) is 80.8 Å². The molecule has 6 nitrogen and oxygen atoms in total. The molecule has 6 heteroatoms. The van der Waals surface area contributed by atoms with Gasteiger partial charge in [0.15, 0.2) is 0 Å². The third-order valence-electron chi connectivity index (χ3n) is 6.62. The van der Waals surface area contributed by atoms with E-state index < -0.39 is 5.97 Å². The van der Waals surface area contributed by atoms with Crippen molar-refractivity contribution in [3.63, 3.8) is 0 Å². The van der Waals surface area contributed by atoms with Crippen molar-refractivity contribution in [1.29, 1.82) is 0 Å². The zero-order valence-corrected chi connectivity index (χ0v) is 15.0. The van der Waals surface area contributed by atoms with E-state index in [9.17, 15) is 19.5 Å². The summed E-state index contributed by atoms with van der Waals surface area (Å²) in [6, 6.07) is 4.65. The van der Waals surface area contributed by atoms with Crippen molar-refractivity contribution < 1.29 is 19.5 Å². The largest absolute Gasteiger partial charge is 0.545 e. The number of piperidine rings is 1. The summed E-state index contributed by atoms with van der Waals surface area (Å²) in [6.45, 7) is 1.68. The highest BCUT2D eigenvalue weighted by molar-refractivity contribution is 6.24. The number of nitrogens with zero attached hydrogens (tertiary/aromatic N) is 2. The van der Waals surface area contributed by atoms with E-state index in [1.807, 2.05) is 0 Å². The standard InChI is InChI=1S/C21H22N2O4/c24-19-17-12-4-5-13(10-12)18(17)20(25)23(19)16-11-14(21(26)27)6-7-15(16)22-8-2-1-3-9-22/h4-7,11-13,17-18H,1-3,8-10H2,(H,26,27)/p-1/t12-,13+,17-,18-/m0/s1. The quantitative estimate of drug-likeness (QED) is 0.597. The number of imide groups is 1. The van der Waals surface area contributed by atoms with Crippen LogP contribution in [0.3, 0.4) is 0 Å². The van der Waals surface area contributed by atoms with Gasteiger partial charge in [0.05, 0.1) is 29.2 Å². The number of benzene rings is 1. The molecule has 0 unspecified atom stereocenters. The van der Waals surface area contributed by atoms with E-state index in [1.54, 1.807) is 6.07 Å². The molecule has 2 heterocycles. The molecule has 1 aromatic rings. The molecule has 1 saturated carbocycles. The molecular formula is C21H21N2O4-. The Balaban J connectivity index is 1.59. The molecule has 0 N–H and O–H groups in total. The molecule has 3 fully saturated rings. The number of carbonyl (C=O) groups excluding carboxylic acids is 3. The molecule has 2 amide bonds. The monoisotopic (exact) mass is 365 g/mol. The minimum atomic E-state index is -1.30. The number of hydrogen-bond acceptors (Lipinski definition) is 5. The van der Waals surface area contributed by atoms with E-state index >= 15 is 0 Å². The van der Waals surface area contributed by atoms with Gasteiger partial charge in [0.25, 0.3) is 0 Å². The van der Waals surface area contributed by atoms with Crippen molar-refractivity contribution in [1.82, 2.24) is 0 Å². The van der Waals surface area contributed by atoms with Crippen LogP contribution in [0.4, 0.5) is 11.4 Å². The molecule has 4 aliphatic rings. The lowest BCUT2D eigenvalue weighted by Crippen LogP contribution is -2.37. The smallest absolute Gasteiger partial charge is 0.238 e. The molecule has 5 rings (SSSR count). The van der Waals surface area contributed by atoms with Crippen molar-refractivity contribution >= 4 is 29.2 Å². The lowest BCUT2D eigenvalue weighted by atomic mass is 9.85. The molecule has 140 valence electrons. The number of amides is 2. The summed E-state index contributed by atoms with van der Waals surface area (Å²) in [7, 11) is 0. The molecule has 2 saturated heterocycles. The Morgan fingerprint density at radius 3 is 2.15 bits per heavy atom. The molecular weight excluding hydrogens is 344 g/mol. The molecule has 2 bridgehead atoms. The van der Waals surface area contributed by atoms with Gasteiger partial charge in [-0.05, 0) is 55.2 Å². The number of allylic oxidation sites excluding steroid dienone is 2. The summed E-state index contributed by atoms with van der Waals surface area (Å²) >= 11 is 0. The Morgan fingerprint density at radius 2 is 1.56 bits per heavy atom. The second kappa shape index (κ2) is 5.94. The fourth-order valence-electron chi connectivity index (χ4n) is 5.37. The minimum Gasteiger partial charge on any atom is -0.545 e. The van der Waals surface area contributed by atoms with Crippen LogP contribution in [-0.4, -0.2) is 30.9 Å². The minimum absolute atomic E-state index is 0.00971. The average molecular weight is 365 g/mol. The lowest BCUT2D eigenvalue weighted by Gasteiger charge is -2.32. The van der Waals surface area contributed by atoms with Gasteiger partial charge in [-0.3, -0.25) is 9.59 Å². The van der Waals surface area contributed by atoms with Gasteiger partial charge in [-0.25, -0.2) is 4.90 Å². The van der Waals surface area contributed by atoms with Crippen LogP contribution in [0.5, 0.6) is 0 Å². The van der Waals surface area contributed by atoms with Crippen LogP contribution >= 0.6 is 0 Å². The van der Waals surface area contributed by atoms with Crippen LogP contribution in [0.1, 0.15) is 36.0 Å². The van der Waals surface area contributed by atoms with Crippen LogP contribution < -0.4 is 14.9 Å². The summed E-state index contributed by atoms with van der Waals surface area (Å²) in [5, 5.41) is 11.4. The molecule has 4 atom stereocenters. The zero-order chi connectivity index (χ0) is 18.7. The third-order valence-corrected chi connectivity index (χ3v) is 6.62. The van der Waals surface area contributed by atoms with Gasteiger partial charge >= 0.3 is 0 Å². The summed E-state index contributed by atoms with van der Waals surface area (Å²) < 4.78 is 0. The molecule has 0 aromatic heterocycles. The normalized spacial score (nSPS) is 31.7. The number of rotatable bonds is 3. The number of hydrogen-bond donors (Lipinski definition) is 0. The Bertz CT molecular complexity index is 841. The first-order chi connectivity index (χ1) is 13.1. The van der Waals surface area contributed by atoms with Crippen LogP contribution in [0.2, 0.25) is 0 Å². The van der Waals surface area contributed by atoms with E-state index in [4.69, 9.17) is 0 Å². The predicted octanol–water partition coefficient (Wildman–Crippen LogP) is 1.35. The molecule has 2 aliphatic carbocycles. The highest BCUT2D eigenvalue weighted by Gasteiger charge is 2.59. The van der Waals surface area contributed by atoms with E-state index in [0.29, 0.717) is 5.69 Å². The van der Waals surface area contributed by atoms with Gasteiger partial charge in [0, 0.05) is 13.1 Å². The van der Waals surface area contributed by atoms with Gasteiger partial charge in [-0.15, -0.1) is 0 Å². The van der Waals surface area contributed by atoms with Crippen molar-refractivity contribution in [3.8, 4) is 0 Å². The van der Waals surface area contributed by atoms with Crippen LogP contribution in [0.25, 0.3) is 0 Å². The predicted molar refractivity (Wildman–Crippen MR) is 97.0 cm³/mol. The summed E-state index contributed by atoms with van der Waals surface area (Å²) in [5.74, 6) is -2.01. The second-order valence-electron chi connectivity index (χ2n) is 8.05. The SMILES string of the molecule is O=C([O-])c1ccc(N2CCCCC2)c(N2C(=O)[C@@H]3[C@@H](C2=O)[C@H]2C=C[C@@H]3C2)c1. The first-order valence-corrected chi connectivity index (χ1v) is 9.73. The second-order valence-corrected chi connectivity index (χ2v) is 8.05. The van der Waals surface area contributed by atoms with Gasteiger partial charge < -0.3 is 14.8 Å². The number of carboxylic acid groups (broad SMARTS) is 1. The van der Waals surface area contributed by atoms with Crippen LogP contribution in [-0.2, 0) is 9.59 Å². The van der Waals surface area contributed by atoms with E-state index in [1.165, 1.54) is 17.0 Å². The maximum atomic E-state index is 13.2. The van der Waals surface area contributed by atoms with Crippen molar-refractivity contribution in [2.24, 2.45) is 23.7 Å². The van der Waals surface area contributed by atoms with E-state index in [0.717, 1.165) is 44.5 Å². The van der Waals surface area contributed by atoms with Gasteiger partial charge in [-0.1, -0.05) is 18.2 Å². The maximum absolute atomic E-state index is 13.2. The molecule has 0 radical (unpaired) electrons. The first-order valence-electron chi connectivity index (χ1n) is 9.73. The molecule has 1 aromatic carbocycles. The van der Waals surface area contributed by atoms with Crippen molar-refractivity contribution in [3.05, 3.63) is 35.9 Å². The highest BCUT2D eigenvalue weighted by Crippen LogP contribution is 2.54. The van der Waals surface area contributed by atoms with Crippen LogP contribution in [0, 0.1) is 23.7 Å². The van der Waals surface area contributed by atoms with Gasteiger partial charge in [-0.2, -0.15) is 0 Å². The number of carboxylic acids is 1. The summed E-state index contributed by atoms with van der Waals surface area (Å²) in [5.41, 5.74) is 1.16. The van der Waals surface area contributed by atoms with Crippen molar-refractivity contribution in [2.45, 2.75) is 25.7 Å². The average Bonchev–Trinajstić information content (AvgIpc) is 3.36. The summed E-state index contributed by atoms with van der Waals surface area (Å²) in [6.07, 6.45) is 8.24. The Hall–Kier alpha value is -2.63. The van der Waals surface area contributed by atoms with Gasteiger partial charge in [0.2, 0.25) is 11.8 Å². The Morgan fingerprint density at radius 1 is 0.926 bits per heavy atom. The Labute approximate surface area is 157 Å².